The summed E-state index contributed by atoms with van der Waals surface area (Å²) in [4.78, 5) is 0. The number of amidine groups is 1. The summed E-state index contributed by atoms with van der Waals surface area (Å²) in [6.45, 7) is 7.41. The zero-order chi connectivity index (χ0) is 12.2. The van der Waals surface area contributed by atoms with Crippen molar-refractivity contribution in [1.82, 2.24) is 5.32 Å². The first kappa shape index (κ1) is 13.3. The minimum atomic E-state index is 0.0926. The Kier molecular flexibility index (Phi) is 4.59. The highest BCUT2D eigenvalue weighted by molar-refractivity contribution is 5.82. The van der Waals surface area contributed by atoms with E-state index in [2.05, 4.69) is 24.3 Å². The van der Waals surface area contributed by atoms with Crippen LogP contribution in [0.2, 0.25) is 0 Å². The Morgan fingerprint density at radius 2 is 2.31 bits per heavy atom. The van der Waals surface area contributed by atoms with Crippen molar-refractivity contribution in [3.63, 3.8) is 0 Å². The molecule has 2 atom stereocenters. The lowest BCUT2D eigenvalue weighted by atomic mass is 9.75. The Bertz CT molecular complexity index is 251. The van der Waals surface area contributed by atoms with Crippen LogP contribution in [-0.4, -0.2) is 23.6 Å². The zero-order valence-corrected chi connectivity index (χ0v) is 10.7. The van der Waals surface area contributed by atoms with Crippen LogP contribution in [0.15, 0.2) is 5.16 Å². The Hall–Kier alpha value is -0.770. The van der Waals surface area contributed by atoms with Gasteiger partial charge in [0.15, 0.2) is 0 Å². The van der Waals surface area contributed by atoms with Gasteiger partial charge in [0, 0.05) is 18.5 Å². The summed E-state index contributed by atoms with van der Waals surface area (Å²) in [7, 11) is 0. The maximum atomic E-state index is 8.56. The van der Waals surface area contributed by atoms with Crippen molar-refractivity contribution in [3.05, 3.63) is 0 Å². The second kappa shape index (κ2) is 5.53. The molecule has 0 spiro atoms. The molecule has 1 fully saturated rings. The van der Waals surface area contributed by atoms with E-state index in [0.717, 1.165) is 6.54 Å². The van der Waals surface area contributed by atoms with Crippen LogP contribution in [0.3, 0.4) is 0 Å². The first-order valence-corrected chi connectivity index (χ1v) is 6.15. The molecule has 0 aromatic carbocycles. The summed E-state index contributed by atoms with van der Waals surface area (Å²) >= 11 is 0. The minimum absolute atomic E-state index is 0.0926. The highest BCUT2D eigenvalue weighted by Gasteiger charge is 2.27. The topological polar surface area (TPSA) is 70.6 Å². The Balaban J connectivity index is 2.33. The number of hydrogen-bond donors (Lipinski definition) is 3. The van der Waals surface area contributed by atoms with Crippen molar-refractivity contribution in [1.29, 1.82) is 0 Å². The molecule has 1 aliphatic rings. The molecule has 2 unspecified atom stereocenters. The van der Waals surface area contributed by atoms with Crippen LogP contribution < -0.4 is 11.1 Å². The molecular weight excluding hydrogens is 202 g/mol. The van der Waals surface area contributed by atoms with Crippen LogP contribution in [-0.2, 0) is 0 Å². The normalized spacial score (nSPS) is 27.7. The SMILES string of the molecule is CC(CNC1CCCC(C)(C)C1)C(N)=NO. The summed E-state index contributed by atoms with van der Waals surface area (Å²) in [6, 6.07) is 0.581. The van der Waals surface area contributed by atoms with Gasteiger partial charge in [0.25, 0.3) is 0 Å². The van der Waals surface area contributed by atoms with E-state index in [1.807, 2.05) is 6.92 Å². The van der Waals surface area contributed by atoms with E-state index in [9.17, 15) is 0 Å². The third-order valence-electron chi connectivity index (χ3n) is 3.54. The van der Waals surface area contributed by atoms with Gasteiger partial charge in [0.2, 0.25) is 0 Å². The first-order chi connectivity index (χ1) is 7.44. The molecular formula is C12H25N3O. The van der Waals surface area contributed by atoms with Gasteiger partial charge in [-0.05, 0) is 24.7 Å². The molecule has 0 bridgehead atoms. The van der Waals surface area contributed by atoms with Gasteiger partial charge in [-0.15, -0.1) is 0 Å². The summed E-state index contributed by atoms with van der Waals surface area (Å²) in [5.41, 5.74) is 6.00. The number of nitrogens with one attached hydrogen (secondary N) is 1. The van der Waals surface area contributed by atoms with Crippen LogP contribution in [0.4, 0.5) is 0 Å². The molecule has 0 saturated heterocycles. The summed E-state index contributed by atoms with van der Waals surface area (Å²) in [6.07, 6.45) is 5.08. The highest BCUT2D eigenvalue weighted by atomic mass is 16.4. The quantitative estimate of drug-likeness (QED) is 0.297. The molecule has 1 saturated carbocycles. The van der Waals surface area contributed by atoms with Gasteiger partial charge in [-0.1, -0.05) is 32.3 Å². The second-order valence-electron chi connectivity index (χ2n) is 5.79. The number of oxime groups is 1. The minimum Gasteiger partial charge on any atom is -0.409 e. The molecule has 4 heteroatoms. The molecule has 0 amide bonds. The van der Waals surface area contributed by atoms with Gasteiger partial charge in [0.1, 0.15) is 5.84 Å². The number of rotatable bonds is 4. The van der Waals surface area contributed by atoms with Gasteiger partial charge in [-0.3, -0.25) is 0 Å². The largest absolute Gasteiger partial charge is 0.409 e. The fraction of sp³-hybridized carbons (Fsp3) is 0.917. The van der Waals surface area contributed by atoms with Crippen LogP contribution in [0.5, 0.6) is 0 Å². The standard InChI is InChI=1S/C12H25N3O/c1-9(11(13)15-16)8-14-10-5-4-6-12(2,3)7-10/h9-10,14,16H,4-8H2,1-3H3,(H2,13,15). The fourth-order valence-electron chi connectivity index (χ4n) is 2.42. The second-order valence-corrected chi connectivity index (χ2v) is 5.79. The van der Waals surface area contributed by atoms with Gasteiger partial charge in [0.05, 0.1) is 0 Å². The van der Waals surface area contributed by atoms with E-state index in [0.29, 0.717) is 17.3 Å². The number of nitrogens with zero attached hydrogens (tertiary/aromatic N) is 1. The van der Waals surface area contributed by atoms with Gasteiger partial charge in [-0.2, -0.15) is 0 Å². The Labute approximate surface area is 98.3 Å². The molecule has 0 heterocycles. The maximum absolute atomic E-state index is 8.56. The van der Waals surface area contributed by atoms with E-state index in [-0.39, 0.29) is 5.92 Å². The fourth-order valence-corrected chi connectivity index (χ4v) is 2.42. The average Bonchev–Trinajstić information content (AvgIpc) is 2.23. The van der Waals surface area contributed by atoms with Gasteiger partial charge >= 0.3 is 0 Å². The summed E-state index contributed by atoms with van der Waals surface area (Å²) in [5, 5.41) is 15.1. The lowest BCUT2D eigenvalue weighted by Crippen LogP contribution is -2.41. The molecule has 0 aliphatic heterocycles. The van der Waals surface area contributed by atoms with Crippen LogP contribution in [0, 0.1) is 11.3 Å². The molecule has 1 aliphatic carbocycles. The monoisotopic (exact) mass is 227 g/mol. The van der Waals surface area contributed by atoms with E-state index < -0.39 is 0 Å². The molecule has 4 nitrogen and oxygen atoms in total. The predicted octanol–water partition coefficient (Wildman–Crippen LogP) is 1.93. The van der Waals surface area contributed by atoms with Crippen molar-refractivity contribution in [2.75, 3.05) is 6.54 Å². The smallest absolute Gasteiger partial charge is 0.143 e. The third kappa shape index (κ3) is 4.00. The molecule has 0 radical (unpaired) electrons. The number of hydrogen-bond acceptors (Lipinski definition) is 3. The van der Waals surface area contributed by atoms with Crippen LogP contribution >= 0.6 is 0 Å². The van der Waals surface area contributed by atoms with E-state index in [1.165, 1.54) is 25.7 Å². The van der Waals surface area contributed by atoms with Crippen molar-refractivity contribution >= 4 is 5.84 Å². The van der Waals surface area contributed by atoms with Crippen LogP contribution in [0.1, 0.15) is 46.5 Å². The van der Waals surface area contributed by atoms with Crippen molar-refractivity contribution in [2.24, 2.45) is 22.2 Å². The van der Waals surface area contributed by atoms with Crippen molar-refractivity contribution in [3.8, 4) is 0 Å². The van der Waals surface area contributed by atoms with Gasteiger partial charge < -0.3 is 16.3 Å². The maximum Gasteiger partial charge on any atom is 0.143 e. The summed E-state index contributed by atoms with van der Waals surface area (Å²) in [5.74, 6) is 0.401. The van der Waals surface area contributed by atoms with Crippen LogP contribution in [0.25, 0.3) is 0 Å². The summed E-state index contributed by atoms with van der Waals surface area (Å²) < 4.78 is 0. The number of nitrogens with two attached hydrogens (primary N) is 1. The van der Waals surface area contributed by atoms with Gasteiger partial charge in [-0.25, -0.2) is 0 Å². The molecule has 1 rings (SSSR count). The Morgan fingerprint density at radius 1 is 1.62 bits per heavy atom. The molecule has 0 aromatic rings. The van der Waals surface area contributed by atoms with E-state index in [1.54, 1.807) is 0 Å². The zero-order valence-electron chi connectivity index (χ0n) is 10.7. The van der Waals surface area contributed by atoms with Crippen molar-refractivity contribution in [2.45, 2.75) is 52.5 Å². The van der Waals surface area contributed by atoms with Crippen molar-refractivity contribution < 1.29 is 5.21 Å². The van der Waals surface area contributed by atoms with E-state index in [4.69, 9.17) is 10.9 Å². The molecule has 0 aromatic heterocycles. The average molecular weight is 227 g/mol. The predicted molar refractivity (Wildman–Crippen MR) is 66.6 cm³/mol. The first-order valence-electron chi connectivity index (χ1n) is 6.15. The van der Waals surface area contributed by atoms with E-state index >= 15 is 0 Å². The lowest BCUT2D eigenvalue weighted by Gasteiger charge is -2.36. The Morgan fingerprint density at radius 3 is 2.88 bits per heavy atom. The molecule has 94 valence electrons. The highest BCUT2D eigenvalue weighted by Crippen LogP contribution is 2.35. The molecule has 4 N–H and O–H groups in total. The third-order valence-corrected chi connectivity index (χ3v) is 3.54. The molecule has 16 heavy (non-hydrogen) atoms. The lowest BCUT2D eigenvalue weighted by molar-refractivity contribution is 0.197.